The van der Waals surface area contributed by atoms with Gasteiger partial charge in [-0.3, -0.25) is 4.79 Å². The van der Waals surface area contributed by atoms with Gasteiger partial charge in [0.2, 0.25) is 5.91 Å². The maximum absolute atomic E-state index is 12.4. The highest BCUT2D eigenvalue weighted by Crippen LogP contribution is 2.32. The van der Waals surface area contributed by atoms with Crippen LogP contribution in [0.1, 0.15) is 30.0 Å². The van der Waals surface area contributed by atoms with E-state index >= 15 is 0 Å². The molecule has 0 fully saturated rings. The lowest BCUT2D eigenvalue weighted by molar-refractivity contribution is -0.120. The van der Waals surface area contributed by atoms with E-state index in [1.165, 1.54) is 0 Å². The molecule has 2 aromatic rings. The molecule has 1 amide bonds. The van der Waals surface area contributed by atoms with Crippen molar-refractivity contribution in [2.75, 3.05) is 20.5 Å². The van der Waals surface area contributed by atoms with Crippen molar-refractivity contribution in [3.05, 3.63) is 52.0 Å². The van der Waals surface area contributed by atoms with Crippen molar-refractivity contribution in [1.82, 2.24) is 5.32 Å². The molecule has 2 aromatic carbocycles. The molecule has 1 N–H and O–H groups in total. The zero-order valence-corrected chi connectivity index (χ0v) is 16.8. The molecule has 0 spiro atoms. The molecule has 7 heteroatoms. The van der Waals surface area contributed by atoms with Gasteiger partial charge >= 0.3 is 0 Å². The minimum atomic E-state index is -0.121. The maximum atomic E-state index is 12.4. The third kappa shape index (κ3) is 5.09. The molecule has 150 valence electrons. The topological polar surface area (TPSA) is 66.0 Å². The number of carbonyl (C=O) groups excluding carboxylic acids is 1. The van der Waals surface area contributed by atoms with Gasteiger partial charge in [0.1, 0.15) is 5.75 Å². The van der Waals surface area contributed by atoms with E-state index in [2.05, 4.69) is 5.32 Å². The Morgan fingerprint density at radius 3 is 2.89 bits per heavy atom. The summed E-state index contributed by atoms with van der Waals surface area (Å²) in [5.41, 5.74) is 2.53. The Labute approximate surface area is 169 Å². The van der Waals surface area contributed by atoms with E-state index in [1.54, 1.807) is 19.2 Å². The molecule has 0 atom stereocenters. The number of ether oxygens (including phenoxy) is 4. The molecule has 28 heavy (non-hydrogen) atoms. The molecule has 6 nitrogen and oxygen atoms in total. The Morgan fingerprint density at radius 1 is 1.25 bits per heavy atom. The summed E-state index contributed by atoms with van der Waals surface area (Å²) in [5.74, 6) is 1.91. The first kappa shape index (κ1) is 20.3. The van der Waals surface area contributed by atoms with Crippen molar-refractivity contribution >= 4 is 17.5 Å². The van der Waals surface area contributed by atoms with Crippen molar-refractivity contribution < 1.29 is 23.7 Å². The molecule has 1 heterocycles. The second kappa shape index (κ2) is 9.66. The lowest BCUT2D eigenvalue weighted by atomic mass is 10.1. The van der Waals surface area contributed by atoms with Crippen LogP contribution in [-0.2, 0) is 29.1 Å². The Kier molecular flexibility index (Phi) is 7.01. The second-order valence-electron chi connectivity index (χ2n) is 6.45. The number of hydrogen-bond donors (Lipinski definition) is 1. The molecule has 0 radical (unpaired) electrons. The SMILES string of the molecule is CCCOc1ccc(CNC(=O)Cc2cc(Cl)cc3c2OCOC3)cc1OC. The highest BCUT2D eigenvalue weighted by Gasteiger charge is 2.18. The average Bonchev–Trinajstić information content (AvgIpc) is 2.70. The summed E-state index contributed by atoms with van der Waals surface area (Å²) in [7, 11) is 1.60. The van der Waals surface area contributed by atoms with E-state index in [0.717, 1.165) is 23.1 Å². The lowest BCUT2D eigenvalue weighted by Gasteiger charge is -2.21. The van der Waals surface area contributed by atoms with Crippen LogP contribution in [0.5, 0.6) is 17.2 Å². The van der Waals surface area contributed by atoms with Crippen LogP contribution in [0.25, 0.3) is 0 Å². The minimum Gasteiger partial charge on any atom is -0.493 e. The number of halogens is 1. The summed E-state index contributed by atoms with van der Waals surface area (Å²) in [6.07, 6.45) is 1.10. The number of fused-ring (bicyclic) bond motifs is 1. The predicted molar refractivity (Wildman–Crippen MR) is 106 cm³/mol. The third-order valence-electron chi connectivity index (χ3n) is 4.28. The quantitative estimate of drug-likeness (QED) is 0.722. The van der Waals surface area contributed by atoms with Gasteiger partial charge < -0.3 is 24.3 Å². The largest absolute Gasteiger partial charge is 0.493 e. The fourth-order valence-corrected chi connectivity index (χ4v) is 3.24. The van der Waals surface area contributed by atoms with Crippen molar-refractivity contribution in [2.24, 2.45) is 0 Å². The molecule has 1 aliphatic rings. The summed E-state index contributed by atoms with van der Waals surface area (Å²) >= 11 is 6.15. The highest BCUT2D eigenvalue weighted by molar-refractivity contribution is 6.30. The van der Waals surface area contributed by atoms with Crippen LogP contribution in [0.15, 0.2) is 30.3 Å². The highest BCUT2D eigenvalue weighted by atomic mass is 35.5. The predicted octanol–water partition coefficient (Wildman–Crippen LogP) is 3.86. The Bertz CT molecular complexity index is 840. The van der Waals surface area contributed by atoms with Gasteiger partial charge in [-0.05, 0) is 36.2 Å². The van der Waals surface area contributed by atoms with Gasteiger partial charge in [0.25, 0.3) is 0 Å². The smallest absolute Gasteiger partial charge is 0.224 e. The number of benzene rings is 2. The van der Waals surface area contributed by atoms with Crippen LogP contribution in [0.3, 0.4) is 0 Å². The first-order chi connectivity index (χ1) is 13.6. The van der Waals surface area contributed by atoms with Crippen molar-refractivity contribution in [2.45, 2.75) is 32.9 Å². The van der Waals surface area contributed by atoms with Gasteiger partial charge in [0, 0.05) is 22.7 Å². The fraction of sp³-hybridized carbons (Fsp3) is 0.381. The number of carbonyl (C=O) groups is 1. The average molecular weight is 406 g/mol. The number of methoxy groups -OCH3 is 1. The molecule has 0 saturated carbocycles. The maximum Gasteiger partial charge on any atom is 0.224 e. The summed E-state index contributed by atoms with van der Waals surface area (Å²) < 4.78 is 21.9. The van der Waals surface area contributed by atoms with Gasteiger partial charge in [0.05, 0.1) is 26.7 Å². The number of rotatable bonds is 8. The number of nitrogens with one attached hydrogen (secondary N) is 1. The summed E-state index contributed by atoms with van der Waals surface area (Å²) in [5, 5.41) is 3.48. The van der Waals surface area contributed by atoms with Crippen molar-refractivity contribution in [3.8, 4) is 17.2 Å². The zero-order valence-electron chi connectivity index (χ0n) is 16.0. The Balaban J connectivity index is 1.63. The minimum absolute atomic E-state index is 0.121. The lowest BCUT2D eigenvalue weighted by Crippen LogP contribution is -2.25. The number of amides is 1. The van der Waals surface area contributed by atoms with Crippen LogP contribution in [0.4, 0.5) is 0 Å². The molecule has 3 rings (SSSR count). The molecule has 1 aliphatic heterocycles. The molecule has 0 aliphatic carbocycles. The fourth-order valence-electron chi connectivity index (χ4n) is 2.98. The molecule has 0 bridgehead atoms. The Morgan fingerprint density at radius 2 is 2.11 bits per heavy atom. The molecular formula is C21H24ClNO5. The zero-order chi connectivity index (χ0) is 19.9. The molecule has 0 saturated heterocycles. The van der Waals surface area contributed by atoms with E-state index < -0.39 is 0 Å². The van der Waals surface area contributed by atoms with Gasteiger partial charge in [-0.15, -0.1) is 0 Å². The van der Waals surface area contributed by atoms with E-state index in [9.17, 15) is 4.79 Å². The van der Waals surface area contributed by atoms with Gasteiger partial charge in [0.15, 0.2) is 18.3 Å². The van der Waals surface area contributed by atoms with Crippen LogP contribution >= 0.6 is 11.6 Å². The third-order valence-corrected chi connectivity index (χ3v) is 4.50. The standard InChI is InChI=1S/C21H24ClNO5/c1-3-6-27-18-5-4-14(7-19(18)25-2)11-23-20(24)10-15-8-17(22)9-16-12-26-13-28-21(15)16/h4-5,7-9H,3,6,10-13H2,1-2H3,(H,23,24). The van der Waals surface area contributed by atoms with Crippen LogP contribution in [-0.4, -0.2) is 26.4 Å². The Hall–Kier alpha value is -2.44. The summed E-state index contributed by atoms with van der Waals surface area (Å²) in [4.78, 5) is 12.4. The van der Waals surface area contributed by atoms with Crippen molar-refractivity contribution in [3.63, 3.8) is 0 Å². The van der Waals surface area contributed by atoms with Crippen LogP contribution in [0, 0.1) is 0 Å². The normalized spacial score (nSPS) is 12.7. The summed E-state index contributed by atoms with van der Waals surface area (Å²) in [6, 6.07) is 9.19. The molecule has 0 aromatic heterocycles. The van der Waals surface area contributed by atoms with Gasteiger partial charge in [-0.25, -0.2) is 0 Å². The first-order valence-electron chi connectivity index (χ1n) is 9.19. The van der Waals surface area contributed by atoms with Crippen LogP contribution < -0.4 is 19.5 Å². The number of hydrogen-bond acceptors (Lipinski definition) is 5. The molecule has 0 unspecified atom stereocenters. The van der Waals surface area contributed by atoms with Crippen LogP contribution in [0.2, 0.25) is 5.02 Å². The van der Waals surface area contributed by atoms with E-state index in [-0.39, 0.29) is 19.1 Å². The van der Waals surface area contributed by atoms with E-state index in [0.29, 0.717) is 42.0 Å². The van der Waals surface area contributed by atoms with Crippen molar-refractivity contribution in [1.29, 1.82) is 0 Å². The van der Waals surface area contributed by atoms with Gasteiger partial charge in [-0.1, -0.05) is 24.6 Å². The second-order valence-corrected chi connectivity index (χ2v) is 6.89. The summed E-state index contributed by atoms with van der Waals surface area (Å²) in [6.45, 7) is 3.66. The first-order valence-corrected chi connectivity index (χ1v) is 9.56. The molecular weight excluding hydrogens is 382 g/mol. The van der Waals surface area contributed by atoms with E-state index in [1.807, 2.05) is 25.1 Å². The van der Waals surface area contributed by atoms with E-state index in [4.69, 9.17) is 30.5 Å². The monoisotopic (exact) mass is 405 g/mol. The van der Waals surface area contributed by atoms with Gasteiger partial charge in [-0.2, -0.15) is 0 Å².